The van der Waals surface area contributed by atoms with Gasteiger partial charge in [-0.25, -0.2) is 0 Å². The maximum absolute atomic E-state index is 10.3. The molecular formula is C7H9NO3S. The molecule has 0 aliphatic carbocycles. The Morgan fingerprint density at radius 2 is 2.25 bits per heavy atom. The molecule has 0 unspecified atom stereocenters. The van der Waals surface area contributed by atoms with Crippen LogP contribution in [0, 0.1) is 0 Å². The first-order valence-electron chi connectivity index (χ1n) is 3.42. The highest BCUT2D eigenvalue weighted by Crippen LogP contribution is 1.98. The Morgan fingerprint density at radius 1 is 1.50 bits per heavy atom. The Morgan fingerprint density at radius 3 is 2.75 bits per heavy atom. The van der Waals surface area contributed by atoms with Gasteiger partial charge in [-0.1, -0.05) is 6.07 Å². The second kappa shape index (κ2) is 3.64. The third-order valence-electron chi connectivity index (χ3n) is 1.37. The van der Waals surface area contributed by atoms with Gasteiger partial charge < -0.3 is 0 Å². The van der Waals surface area contributed by atoms with Crippen LogP contribution in [-0.2, 0) is 16.5 Å². The van der Waals surface area contributed by atoms with Gasteiger partial charge in [-0.15, -0.1) is 0 Å². The molecule has 12 heavy (non-hydrogen) atoms. The van der Waals surface area contributed by atoms with Gasteiger partial charge in [-0.3, -0.25) is 9.54 Å². The van der Waals surface area contributed by atoms with Crippen LogP contribution in [-0.4, -0.2) is 23.7 Å². The minimum absolute atomic E-state index is 0.251. The van der Waals surface area contributed by atoms with Crippen molar-refractivity contribution in [3.63, 3.8) is 0 Å². The standard InChI is InChI=1S/C7H9NO3S/c9-12(10,11)5-3-7-2-1-4-8-6-7/h1-2,4,6H,3,5H2,(H,9,10,11). The molecule has 0 atom stereocenters. The summed E-state index contributed by atoms with van der Waals surface area (Å²) in [5.41, 5.74) is 0.801. The third-order valence-corrected chi connectivity index (χ3v) is 2.09. The van der Waals surface area contributed by atoms with Crippen LogP contribution in [0.4, 0.5) is 0 Å². The zero-order chi connectivity index (χ0) is 9.03. The van der Waals surface area contributed by atoms with Crippen LogP contribution in [0.25, 0.3) is 0 Å². The first-order chi connectivity index (χ1) is 5.58. The lowest BCUT2D eigenvalue weighted by atomic mass is 10.2. The summed E-state index contributed by atoms with van der Waals surface area (Å²) in [6.07, 6.45) is 3.48. The van der Waals surface area contributed by atoms with E-state index in [4.69, 9.17) is 4.55 Å². The Kier molecular flexibility index (Phi) is 2.78. The number of rotatable bonds is 3. The van der Waals surface area contributed by atoms with Crippen molar-refractivity contribution in [2.45, 2.75) is 6.42 Å². The van der Waals surface area contributed by atoms with Crippen LogP contribution in [0.15, 0.2) is 24.5 Å². The molecule has 0 aliphatic heterocycles. The highest BCUT2D eigenvalue weighted by atomic mass is 32.2. The third kappa shape index (κ3) is 3.45. The molecule has 0 aliphatic rings. The van der Waals surface area contributed by atoms with Gasteiger partial charge in [0, 0.05) is 12.4 Å². The van der Waals surface area contributed by atoms with Crippen molar-refractivity contribution in [3.8, 4) is 0 Å². The number of nitrogens with zero attached hydrogens (tertiary/aromatic N) is 1. The van der Waals surface area contributed by atoms with E-state index >= 15 is 0 Å². The van der Waals surface area contributed by atoms with Gasteiger partial charge in [-0.05, 0) is 18.1 Å². The van der Waals surface area contributed by atoms with Gasteiger partial charge in [0.1, 0.15) is 0 Å². The summed E-state index contributed by atoms with van der Waals surface area (Å²) < 4.78 is 29.1. The maximum atomic E-state index is 10.3. The highest BCUT2D eigenvalue weighted by molar-refractivity contribution is 7.85. The molecule has 1 aromatic heterocycles. The molecule has 0 aromatic carbocycles. The zero-order valence-electron chi connectivity index (χ0n) is 6.34. The summed E-state index contributed by atoms with van der Waals surface area (Å²) in [6.45, 7) is 0. The Labute approximate surface area is 71.0 Å². The van der Waals surface area contributed by atoms with Crippen LogP contribution < -0.4 is 0 Å². The van der Waals surface area contributed by atoms with E-state index < -0.39 is 10.1 Å². The van der Waals surface area contributed by atoms with Crippen molar-refractivity contribution in [2.24, 2.45) is 0 Å². The van der Waals surface area contributed by atoms with Crippen LogP contribution in [0.3, 0.4) is 0 Å². The zero-order valence-corrected chi connectivity index (χ0v) is 7.16. The molecular weight excluding hydrogens is 178 g/mol. The van der Waals surface area contributed by atoms with E-state index in [1.807, 2.05) is 0 Å². The van der Waals surface area contributed by atoms with Crippen molar-refractivity contribution >= 4 is 10.1 Å². The molecule has 1 rings (SSSR count). The van der Waals surface area contributed by atoms with E-state index in [1.165, 1.54) is 0 Å². The van der Waals surface area contributed by atoms with Gasteiger partial charge in [0.05, 0.1) is 5.75 Å². The predicted molar refractivity (Wildman–Crippen MR) is 44.4 cm³/mol. The SMILES string of the molecule is O=S(=O)(O)CCc1cccnc1. The summed E-state index contributed by atoms with van der Waals surface area (Å²) in [5, 5.41) is 0. The summed E-state index contributed by atoms with van der Waals surface area (Å²) in [6, 6.07) is 3.48. The molecule has 1 aromatic rings. The lowest BCUT2D eigenvalue weighted by molar-refractivity contribution is 0.482. The maximum Gasteiger partial charge on any atom is 0.265 e. The summed E-state index contributed by atoms with van der Waals surface area (Å²) >= 11 is 0. The smallest absolute Gasteiger partial charge is 0.265 e. The van der Waals surface area contributed by atoms with E-state index in [0.717, 1.165) is 5.56 Å². The van der Waals surface area contributed by atoms with E-state index in [2.05, 4.69) is 4.98 Å². The topological polar surface area (TPSA) is 67.3 Å². The molecule has 66 valence electrons. The fraction of sp³-hybridized carbons (Fsp3) is 0.286. The van der Waals surface area contributed by atoms with Crippen LogP contribution in [0.2, 0.25) is 0 Å². The Bertz CT molecular complexity index is 333. The number of aryl methyl sites for hydroxylation is 1. The second-order valence-electron chi connectivity index (χ2n) is 2.40. The first-order valence-corrected chi connectivity index (χ1v) is 5.03. The normalized spacial score (nSPS) is 11.4. The van der Waals surface area contributed by atoms with Crippen LogP contribution in [0.1, 0.15) is 5.56 Å². The molecule has 4 nitrogen and oxygen atoms in total. The van der Waals surface area contributed by atoms with E-state index in [9.17, 15) is 8.42 Å². The van der Waals surface area contributed by atoms with Gasteiger partial charge in [0.25, 0.3) is 10.1 Å². The summed E-state index contributed by atoms with van der Waals surface area (Å²) in [5.74, 6) is -0.251. The lowest BCUT2D eigenvalue weighted by Crippen LogP contribution is -2.06. The van der Waals surface area contributed by atoms with E-state index in [1.54, 1.807) is 24.5 Å². The molecule has 0 radical (unpaired) electrons. The van der Waals surface area contributed by atoms with Gasteiger partial charge in [0.2, 0.25) is 0 Å². The van der Waals surface area contributed by atoms with Gasteiger partial charge in [0.15, 0.2) is 0 Å². The van der Waals surface area contributed by atoms with Crippen molar-refractivity contribution < 1.29 is 13.0 Å². The lowest BCUT2D eigenvalue weighted by Gasteiger charge is -1.96. The van der Waals surface area contributed by atoms with Crippen molar-refractivity contribution in [2.75, 3.05) is 5.75 Å². The van der Waals surface area contributed by atoms with E-state index in [-0.39, 0.29) is 5.75 Å². The molecule has 0 spiro atoms. The second-order valence-corrected chi connectivity index (χ2v) is 3.97. The minimum Gasteiger partial charge on any atom is -0.286 e. The summed E-state index contributed by atoms with van der Waals surface area (Å²) in [7, 11) is -3.85. The van der Waals surface area contributed by atoms with Crippen molar-refractivity contribution in [1.82, 2.24) is 4.98 Å². The van der Waals surface area contributed by atoms with Crippen LogP contribution in [0.5, 0.6) is 0 Å². The number of hydrogen-bond donors (Lipinski definition) is 1. The largest absolute Gasteiger partial charge is 0.286 e. The molecule has 0 saturated carbocycles. The van der Waals surface area contributed by atoms with Gasteiger partial charge in [-0.2, -0.15) is 8.42 Å². The molecule has 0 bridgehead atoms. The molecule has 1 heterocycles. The Balaban J connectivity index is 2.56. The highest BCUT2D eigenvalue weighted by Gasteiger charge is 2.03. The molecule has 5 heteroatoms. The summed E-state index contributed by atoms with van der Waals surface area (Å²) in [4.78, 5) is 3.81. The quantitative estimate of drug-likeness (QED) is 0.700. The van der Waals surface area contributed by atoms with Crippen molar-refractivity contribution in [1.29, 1.82) is 0 Å². The molecule has 0 saturated heterocycles. The minimum atomic E-state index is -3.85. The average molecular weight is 187 g/mol. The number of pyridine rings is 1. The molecule has 0 amide bonds. The predicted octanol–water partition coefficient (Wildman–Crippen LogP) is 0.512. The molecule has 1 N–H and O–H groups in total. The van der Waals surface area contributed by atoms with E-state index in [0.29, 0.717) is 6.42 Å². The Hall–Kier alpha value is -0.940. The first kappa shape index (κ1) is 9.15. The number of aromatic nitrogens is 1. The van der Waals surface area contributed by atoms with Crippen molar-refractivity contribution in [3.05, 3.63) is 30.1 Å². The van der Waals surface area contributed by atoms with Crippen LogP contribution >= 0.6 is 0 Å². The monoisotopic (exact) mass is 187 g/mol. The average Bonchev–Trinajstić information content (AvgIpc) is 2.02. The fourth-order valence-corrected chi connectivity index (χ4v) is 1.29. The fourth-order valence-electron chi connectivity index (χ4n) is 0.793. The van der Waals surface area contributed by atoms with Gasteiger partial charge >= 0.3 is 0 Å². The molecule has 0 fully saturated rings. The number of hydrogen-bond acceptors (Lipinski definition) is 3.